The number of benzene rings is 3. The standard InChI is InChI=1S/C29H26O11/c1-4-35-21-12-13-23(25(17-21)27(32)33)28(34)39-29(2,3)40-38-18-19-10-11-22(16-24(19)26(30)31)37-15-14-36-20-8-6-5-7-9-20/h1,5-13,16-17H,14-15,18H2,2-3H3,(H,30,31)(H,32,33). The van der Waals surface area contributed by atoms with Crippen molar-refractivity contribution in [2.75, 3.05) is 13.2 Å². The molecule has 0 atom stereocenters. The molecular weight excluding hydrogens is 524 g/mol. The van der Waals surface area contributed by atoms with Crippen molar-refractivity contribution in [3.05, 3.63) is 89.0 Å². The van der Waals surface area contributed by atoms with Crippen molar-refractivity contribution in [3.63, 3.8) is 0 Å². The van der Waals surface area contributed by atoms with Gasteiger partial charge in [-0.2, -0.15) is 4.89 Å². The van der Waals surface area contributed by atoms with E-state index in [1.54, 1.807) is 6.07 Å². The predicted molar refractivity (Wildman–Crippen MR) is 139 cm³/mol. The van der Waals surface area contributed by atoms with Crippen molar-refractivity contribution in [1.82, 2.24) is 0 Å². The van der Waals surface area contributed by atoms with E-state index in [9.17, 15) is 24.6 Å². The fourth-order valence-electron chi connectivity index (χ4n) is 3.35. The third kappa shape index (κ3) is 8.49. The zero-order valence-electron chi connectivity index (χ0n) is 21.6. The SMILES string of the molecule is C#COc1ccc(C(=O)OC(C)(C)OOCc2ccc(OCCOc3ccccc3)cc2C(=O)O)c(C(=O)O)c1. The number of carboxylic acids is 2. The monoisotopic (exact) mass is 550 g/mol. The first-order chi connectivity index (χ1) is 19.1. The molecule has 0 saturated heterocycles. The number of aromatic carboxylic acids is 2. The van der Waals surface area contributed by atoms with Gasteiger partial charge in [0.05, 0.1) is 16.7 Å². The normalized spacial score (nSPS) is 10.7. The summed E-state index contributed by atoms with van der Waals surface area (Å²) in [5.74, 6) is -4.24. The molecule has 0 fully saturated rings. The lowest BCUT2D eigenvalue weighted by Crippen LogP contribution is -2.32. The van der Waals surface area contributed by atoms with Crippen LogP contribution in [0.25, 0.3) is 0 Å². The van der Waals surface area contributed by atoms with E-state index < -0.39 is 29.3 Å². The van der Waals surface area contributed by atoms with Gasteiger partial charge in [-0.1, -0.05) is 30.7 Å². The number of rotatable bonds is 14. The van der Waals surface area contributed by atoms with Gasteiger partial charge in [-0.15, -0.1) is 0 Å². The number of ether oxygens (including phenoxy) is 4. The van der Waals surface area contributed by atoms with E-state index in [2.05, 4.69) is 0 Å². The zero-order valence-corrected chi connectivity index (χ0v) is 21.6. The first kappa shape index (κ1) is 29.5. The van der Waals surface area contributed by atoms with Gasteiger partial charge in [0.1, 0.15) is 43.2 Å². The van der Waals surface area contributed by atoms with Crippen LogP contribution in [0.3, 0.4) is 0 Å². The van der Waals surface area contributed by atoms with Gasteiger partial charge >= 0.3 is 17.9 Å². The number of carbonyl (C=O) groups excluding carboxylic acids is 1. The maximum atomic E-state index is 12.7. The van der Waals surface area contributed by atoms with Crippen molar-refractivity contribution < 1.29 is 53.3 Å². The van der Waals surface area contributed by atoms with Gasteiger partial charge in [0, 0.05) is 13.8 Å². The number of para-hydroxylation sites is 1. The van der Waals surface area contributed by atoms with Crippen LogP contribution in [-0.4, -0.2) is 47.1 Å². The molecular formula is C29H26O11. The second-order valence-electron chi connectivity index (χ2n) is 8.50. The molecule has 3 aromatic rings. The molecule has 0 unspecified atom stereocenters. The Morgan fingerprint density at radius 1 is 0.800 bits per heavy atom. The smallest absolute Gasteiger partial charge is 0.341 e. The third-order valence-electron chi connectivity index (χ3n) is 5.11. The topological polar surface area (TPSA) is 147 Å². The summed E-state index contributed by atoms with van der Waals surface area (Å²) >= 11 is 0. The van der Waals surface area contributed by atoms with Crippen LogP contribution in [-0.2, 0) is 21.1 Å². The maximum absolute atomic E-state index is 12.7. The quantitative estimate of drug-likeness (QED) is 0.0727. The lowest BCUT2D eigenvalue weighted by Gasteiger charge is -2.24. The van der Waals surface area contributed by atoms with Crippen molar-refractivity contribution in [2.24, 2.45) is 0 Å². The predicted octanol–water partition coefficient (Wildman–Crippen LogP) is 4.55. The lowest BCUT2D eigenvalue weighted by molar-refractivity contribution is -0.411. The Labute approximate surface area is 229 Å². The summed E-state index contributed by atoms with van der Waals surface area (Å²) in [5.41, 5.74) is -0.485. The second-order valence-corrected chi connectivity index (χ2v) is 8.50. The molecule has 208 valence electrons. The highest BCUT2D eigenvalue weighted by Crippen LogP contribution is 2.24. The minimum absolute atomic E-state index is 0.0569. The van der Waals surface area contributed by atoms with E-state index in [4.69, 9.17) is 35.1 Å². The van der Waals surface area contributed by atoms with Gasteiger partial charge in [-0.3, -0.25) is 0 Å². The molecule has 0 radical (unpaired) electrons. The Bertz CT molecular complexity index is 1390. The molecule has 0 saturated carbocycles. The molecule has 0 aliphatic carbocycles. The highest BCUT2D eigenvalue weighted by atomic mass is 17.2. The Kier molecular flexibility index (Phi) is 10.1. The molecule has 0 aliphatic heterocycles. The van der Waals surface area contributed by atoms with E-state index in [-0.39, 0.29) is 42.3 Å². The number of hydrogen-bond donors (Lipinski definition) is 2. The van der Waals surface area contributed by atoms with Crippen LogP contribution in [0.4, 0.5) is 0 Å². The summed E-state index contributed by atoms with van der Waals surface area (Å²) in [6, 6.07) is 17.2. The molecule has 3 aromatic carbocycles. The summed E-state index contributed by atoms with van der Waals surface area (Å²) in [5, 5.41) is 19.1. The first-order valence-electron chi connectivity index (χ1n) is 11.8. The minimum Gasteiger partial charge on any atom is -0.490 e. The molecule has 0 heterocycles. The van der Waals surface area contributed by atoms with Crippen molar-refractivity contribution >= 4 is 17.9 Å². The Hall–Kier alpha value is -5.05. The Morgan fingerprint density at radius 3 is 2.08 bits per heavy atom. The van der Waals surface area contributed by atoms with Crippen LogP contribution in [0.1, 0.15) is 50.5 Å². The van der Waals surface area contributed by atoms with Crippen LogP contribution in [0.2, 0.25) is 0 Å². The summed E-state index contributed by atoms with van der Waals surface area (Å²) in [6.45, 7) is 2.85. The number of carboxylic acid groups (broad SMARTS) is 2. The van der Waals surface area contributed by atoms with Crippen LogP contribution < -0.4 is 14.2 Å². The van der Waals surface area contributed by atoms with E-state index in [0.29, 0.717) is 11.5 Å². The fourth-order valence-corrected chi connectivity index (χ4v) is 3.35. The zero-order chi connectivity index (χ0) is 29.1. The number of esters is 1. The average Bonchev–Trinajstić information content (AvgIpc) is 2.92. The Morgan fingerprint density at radius 2 is 1.43 bits per heavy atom. The van der Waals surface area contributed by atoms with E-state index in [0.717, 1.165) is 6.07 Å². The highest BCUT2D eigenvalue weighted by molar-refractivity contribution is 6.02. The minimum atomic E-state index is -1.67. The first-order valence-corrected chi connectivity index (χ1v) is 11.8. The Balaban J connectivity index is 1.56. The maximum Gasteiger partial charge on any atom is 0.341 e. The third-order valence-corrected chi connectivity index (χ3v) is 5.11. The molecule has 3 rings (SSSR count). The molecule has 0 aromatic heterocycles. The number of terminal acetylenes is 1. The van der Waals surface area contributed by atoms with Gasteiger partial charge in [-0.25, -0.2) is 19.3 Å². The molecule has 0 amide bonds. The summed E-state index contributed by atoms with van der Waals surface area (Å²) in [6.07, 6.45) is 6.96. The van der Waals surface area contributed by atoms with E-state index in [1.807, 2.05) is 36.4 Å². The molecule has 0 spiro atoms. The summed E-state index contributed by atoms with van der Waals surface area (Å²) in [4.78, 5) is 46.4. The van der Waals surface area contributed by atoms with Crippen LogP contribution in [0.5, 0.6) is 17.2 Å². The van der Waals surface area contributed by atoms with E-state index >= 15 is 0 Å². The van der Waals surface area contributed by atoms with E-state index in [1.165, 1.54) is 38.1 Å². The molecule has 0 aliphatic rings. The average molecular weight is 551 g/mol. The largest absolute Gasteiger partial charge is 0.490 e. The van der Waals surface area contributed by atoms with Gasteiger partial charge in [0.15, 0.2) is 0 Å². The molecule has 2 N–H and O–H groups in total. The van der Waals surface area contributed by atoms with Crippen molar-refractivity contribution in [1.29, 1.82) is 0 Å². The van der Waals surface area contributed by atoms with Crippen LogP contribution in [0, 0.1) is 12.5 Å². The van der Waals surface area contributed by atoms with Gasteiger partial charge in [-0.05, 0) is 48.0 Å². The molecule has 40 heavy (non-hydrogen) atoms. The van der Waals surface area contributed by atoms with Crippen LogP contribution >= 0.6 is 0 Å². The fraction of sp³-hybridized carbons (Fsp3) is 0.207. The van der Waals surface area contributed by atoms with Crippen molar-refractivity contribution in [3.8, 4) is 29.8 Å². The molecule has 0 bridgehead atoms. The summed E-state index contributed by atoms with van der Waals surface area (Å²) in [7, 11) is 0. The van der Waals surface area contributed by atoms with Gasteiger partial charge < -0.3 is 29.2 Å². The van der Waals surface area contributed by atoms with Gasteiger partial charge in [0.25, 0.3) is 0 Å². The number of hydrogen-bond acceptors (Lipinski definition) is 9. The second kappa shape index (κ2) is 13.7. The highest BCUT2D eigenvalue weighted by Gasteiger charge is 2.29. The molecule has 11 heteroatoms. The van der Waals surface area contributed by atoms with Crippen molar-refractivity contribution in [2.45, 2.75) is 26.2 Å². The summed E-state index contributed by atoms with van der Waals surface area (Å²) < 4.78 is 21.2. The number of carbonyl (C=O) groups is 3. The van der Waals surface area contributed by atoms with Gasteiger partial charge in [0.2, 0.25) is 5.79 Å². The lowest BCUT2D eigenvalue weighted by atomic mass is 10.1. The molecule has 11 nitrogen and oxygen atoms in total. The van der Waals surface area contributed by atoms with Crippen LogP contribution in [0.15, 0.2) is 66.7 Å².